The van der Waals surface area contributed by atoms with E-state index < -0.39 is 0 Å². The summed E-state index contributed by atoms with van der Waals surface area (Å²) in [6.07, 6.45) is -0.181. The molecule has 0 fully saturated rings. The van der Waals surface area contributed by atoms with Gasteiger partial charge in [0.2, 0.25) is 0 Å². The van der Waals surface area contributed by atoms with E-state index in [-0.39, 0.29) is 40.3 Å². The summed E-state index contributed by atoms with van der Waals surface area (Å²) in [7, 11) is 3.15. The van der Waals surface area contributed by atoms with Crippen LogP contribution in [0.3, 0.4) is 0 Å². The van der Waals surface area contributed by atoms with E-state index in [0.717, 1.165) is 0 Å². The molecule has 0 aliphatic rings. The first-order chi connectivity index (χ1) is 3.35. The van der Waals surface area contributed by atoms with E-state index in [9.17, 15) is 0 Å². The van der Waals surface area contributed by atoms with Gasteiger partial charge in [0.05, 0.1) is 0 Å². The Bertz CT molecular complexity index is 38.0. The van der Waals surface area contributed by atoms with E-state index in [2.05, 4.69) is 15.5 Å². The minimum absolute atomic E-state index is 0. The van der Waals surface area contributed by atoms with E-state index in [1.165, 1.54) is 0 Å². The van der Waals surface area contributed by atoms with Crippen molar-refractivity contribution in [3.05, 3.63) is 0 Å². The van der Waals surface area contributed by atoms with E-state index >= 15 is 0 Å². The van der Waals surface area contributed by atoms with Crippen LogP contribution in [0.2, 0.25) is 5.39 Å². The zero-order valence-corrected chi connectivity index (χ0v) is 9.65. The fourth-order valence-electron chi connectivity index (χ4n) is 0.202. The molecular formula is C4H11Br2NiO2. The molecule has 5 heteroatoms. The molecule has 0 heterocycles. The molecule has 0 radical (unpaired) electrons. The van der Waals surface area contributed by atoms with Crippen molar-refractivity contribution in [1.82, 2.24) is 0 Å². The zero-order valence-electron chi connectivity index (χ0n) is 5.23. The predicted molar refractivity (Wildman–Crippen MR) is 43.3 cm³/mol. The molecular weight excluding hydrogens is 299 g/mol. The van der Waals surface area contributed by atoms with Crippen molar-refractivity contribution in [1.29, 1.82) is 0 Å². The molecule has 0 N–H and O–H groups in total. The first-order valence-electron chi connectivity index (χ1n) is 1.92. The summed E-state index contributed by atoms with van der Waals surface area (Å²) in [6.45, 7) is 0. The van der Waals surface area contributed by atoms with Crippen LogP contribution in [0.1, 0.15) is 0 Å². The summed E-state index contributed by atoms with van der Waals surface area (Å²) < 4.78 is 9.47. The standard InChI is InChI=1S/C4H9O2.2BrH.Ni/c1-4(5-2)6-3;;;/h4H,1H2,2-3H3;2*1H;. The molecule has 0 aromatic carbocycles. The second kappa shape index (κ2) is 12.1. The van der Waals surface area contributed by atoms with Crippen molar-refractivity contribution in [2.24, 2.45) is 0 Å². The molecule has 0 saturated heterocycles. The molecule has 9 heavy (non-hydrogen) atoms. The number of hydrogen-bond acceptors (Lipinski definition) is 2. The molecule has 0 rings (SSSR count). The maximum absolute atomic E-state index is 4.73. The van der Waals surface area contributed by atoms with E-state index in [1.807, 2.05) is 0 Å². The monoisotopic (exact) mass is 307 g/mol. The Morgan fingerprint density at radius 1 is 1.22 bits per heavy atom. The third-order valence-corrected chi connectivity index (χ3v) is 0.960. The molecule has 63 valence electrons. The number of rotatable bonds is 3. The van der Waals surface area contributed by atoms with Gasteiger partial charge in [-0.1, -0.05) is 0 Å². The molecule has 0 aliphatic carbocycles. The van der Waals surface area contributed by atoms with Crippen LogP contribution in [-0.2, 0) is 24.9 Å². The van der Waals surface area contributed by atoms with Crippen molar-refractivity contribution in [3.63, 3.8) is 0 Å². The second-order valence-corrected chi connectivity index (χ2v) is 1.43. The van der Waals surface area contributed by atoms with Crippen molar-refractivity contribution in [2.75, 3.05) is 14.2 Å². The topological polar surface area (TPSA) is 18.5 Å². The van der Waals surface area contributed by atoms with Crippen LogP contribution in [0, 0.1) is 0 Å². The quantitative estimate of drug-likeness (QED) is 0.584. The summed E-state index contributed by atoms with van der Waals surface area (Å²) in [6, 6.07) is 0. The molecule has 0 saturated carbocycles. The van der Waals surface area contributed by atoms with Crippen molar-refractivity contribution < 1.29 is 24.9 Å². The van der Waals surface area contributed by atoms with E-state index in [0.29, 0.717) is 5.39 Å². The molecule has 0 amide bonds. The van der Waals surface area contributed by atoms with Gasteiger partial charge in [-0.15, -0.1) is 34.0 Å². The van der Waals surface area contributed by atoms with Gasteiger partial charge in [-0.2, -0.15) is 0 Å². The zero-order chi connectivity index (χ0) is 5.70. The molecule has 0 aliphatic heterocycles. The Labute approximate surface area is 84.6 Å². The van der Waals surface area contributed by atoms with Gasteiger partial charge in [0, 0.05) is 0 Å². The molecule has 0 spiro atoms. The first kappa shape index (κ1) is 16.8. The predicted octanol–water partition coefficient (Wildman–Crippen LogP) is 1.73. The Balaban J connectivity index is -0.000000180. The van der Waals surface area contributed by atoms with Gasteiger partial charge in [0.15, 0.2) is 0 Å². The summed E-state index contributed by atoms with van der Waals surface area (Å²) in [5, 5.41) is 0.535. The molecule has 0 aromatic rings. The van der Waals surface area contributed by atoms with Gasteiger partial charge in [0.25, 0.3) is 0 Å². The van der Waals surface area contributed by atoms with Crippen LogP contribution >= 0.6 is 34.0 Å². The van der Waals surface area contributed by atoms with Gasteiger partial charge >= 0.3 is 50.8 Å². The van der Waals surface area contributed by atoms with Crippen LogP contribution in [-0.4, -0.2) is 20.5 Å². The normalized spacial score (nSPS) is 8.11. The first-order valence-corrected chi connectivity index (χ1v) is 2.62. The minimum atomic E-state index is -0.181. The molecule has 0 atom stereocenters. The summed E-state index contributed by atoms with van der Waals surface area (Å²) in [5.74, 6) is 0. The SMILES string of the molecule is Br.Br.COC([CH2][Ni])OC. The number of ether oxygens (including phenoxy) is 2. The number of hydrogen-bond donors (Lipinski definition) is 0. The van der Waals surface area contributed by atoms with Crippen LogP contribution in [0.15, 0.2) is 0 Å². The van der Waals surface area contributed by atoms with Gasteiger partial charge in [-0.05, 0) is 0 Å². The van der Waals surface area contributed by atoms with Crippen LogP contribution in [0.25, 0.3) is 0 Å². The van der Waals surface area contributed by atoms with Crippen molar-refractivity contribution in [2.45, 2.75) is 11.7 Å². The molecule has 0 aromatic heterocycles. The fraction of sp³-hybridized carbons (Fsp3) is 1.00. The van der Waals surface area contributed by atoms with Crippen LogP contribution in [0.4, 0.5) is 0 Å². The summed E-state index contributed by atoms with van der Waals surface area (Å²) >= 11 is 4.36. The summed E-state index contributed by atoms with van der Waals surface area (Å²) in [5.41, 5.74) is 0. The van der Waals surface area contributed by atoms with Crippen molar-refractivity contribution >= 4 is 34.0 Å². The number of methoxy groups -OCH3 is 2. The average Bonchev–Trinajstić information content (AvgIpc) is 1.72. The average molecular weight is 310 g/mol. The Kier molecular flexibility index (Phi) is 22.5. The summed E-state index contributed by atoms with van der Waals surface area (Å²) in [4.78, 5) is 0. The Hall–Kier alpha value is 1.37. The molecule has 2 nitrogen and oxygen atoms in total. The molecule has 0 bridgehead atoms. The third-order valence-electron chi connectivity index (χ3n) is 0.631. The van der Waals surface area contributed by atoms with E-state index in [1.54, 1.807) is 14.2 Å². The van der Waals surface area contributed by atoms with Crippen molar-refractivity contribution in [3.8, 4) is 0 Å². The van der Waals surface area contributed by atoms with Gasteiger partial charge in [-0.25, -0.2) is 0 Å². The van der Waals surface area contributed by atoms with Gasteiger partial charge in [0.1, 0.15) is 0 Å². The van der Waals surface area contributed by atoms with Gasteiger partial charge < -0.3 is 0 Å². The van der Waals surface area contributed by atoms with E-state index in [4.69, 9.17) is 9.47 Å². The Morgan fingerprint density at radius 2 is 1.56 bits per heavy atom. The fourth-order valence-corrected chi connectivity index (χ4v) is 0.531. The van der Waals surface area contributed by atoms with Gasteiger partial charge in [-0.3, -0.25) is 0 Å². The number of halogens is 2. The second-order valence-electron chi connectivity index (χ2n) is 1.03. The van der Waals surface area contributed by atoms with Crippen LogP contribution < -0.4 is 0 Å². The molecule has 0 unspecified atom stereocenters. The Morgan fingerprint density at radius 3 is 1.56 bits per heavy atom. The van der Waals surface area contributed by atoms with Crippen LogP contribution in [0.5, 0.6) is 0 Å². The third kappa shape index (κ3) is 9.37. The maximum atomic E-state index is 4.73.